The van der Waals surface area contributed by atoms with Gasteiger partial charge in [0.2, 0.25) is 5.91 Å². The molecule has 0 radical (unpaired) electrons. The van der Waals surface area contributed by atoms with E-state index in [1.54, 1.807) is 12.2 Å². The van der Waals surface area contributed by atoms with E-state index in [4.69, 9.17) is 19.6 Å². The van der Waals surface area contributed by atoms with E-state index < -0.39 is 11.1 Å². The van der Waals surface area contributed by atoms with Crippen molar-refractivity contribution in [3.05, 3.63) is 12.2 Å². The average Bonchev–Trinajstić information content (AvgIpc) is 2.54. The smallest absolute Gasteiger partial charge is 0.249 e. The van der Waals surface area contributed by atoms with Crippen LogP contribution in [0.1, 0.15) is 47.0 Å². The molecule has 1 heterocycles. The maximum absolute atomic E-state index is 11.5. The second-order valence-corrected chi connectivity index (χ2v) is 6.44. The number of carbonyl (C=O) groups excluding carboxylic acids is 1. The van der Waals surface area contributed by atoms with Crippen molar-refractivity contribution in [2.75, 3.05) is 13.2 Å². The van der Waals surface area contributed by atoms with Gasteiger partial charge in [0.25, 0.3) is 0 Å². The first-order valence-corrected chi connectivity index (χ1v) is 8.22. The van der Waals surface area contributed by atoms with Gasteiger partial charge in [0.05, 0.1) is 19.1 Å². The molecule has 1 aliphatic carbocycles. The number of amides is 1. The van der Waals surface area contributed by atoms with Gasteiger partial charge in [-0.05, 0) is 25.8 Å². The van der Waals surface area contributed by atoms with E-state index >= 15 is 0 Å². The minimum Gasteiger partial charge on any atom is -0.374 e. The molecule has 1 aliphatic heterocycles. The van der Waals surface area contributed by atoms with Gasteiger partial charge in [0.1, 0.15) is 11.1 Å². The monoisotopic (exact) mass is 513 g/mol. The summed E-state index contributed by atoms with van der Waals surface area (Å²) in [5.41, 5.74) is -1.60. The molecular weight excluding hydrogens is 486 g/mol. The Kier molecular flexibility index (Phi) is 8.04. The normalized spacial score (nSPS) is 35.0. The van der Waals surface area contributed by atoms with Crippen molar-refractivity contribution in [1.82, 2.24) is 5.06 Å². The number of hydroxylamine groups is 2. The van der Waals surface area contributed by atoms with Crippen LogP contribution in [0.2, 0.25) is 0 Å². The molecule has 1 N–H and O–H groups in total. The quantitative estimate of drug-likeness (QED) is 0.134. The molecule has 8 heteroatoms. The van der Waals surface area contributed by atoms with E-state index in [9.17, 15) is 10.0 Å². The number of β-lactam (4-membered cyclic amide) rings is 1. The van der Waals surface area contributed by atoms with E-state index in [2.05, 4.69) is 0 Å². The van der Waals surface area contributed by atoms with Crippen molar-refractivity contribution in [3.63, 3.8) is 0 Å². The topological polar surface area (TPSA) is 77.5 Å². The second-order valence-electron chi connectivity index (χ2n) is 6.44. The van der Waals surface area contributed by atoms with Crippen molar-refractivity contribution in [2.24, 2.45) is 5.92 Å². The van der Waals surface area contributed by atoms with Crippen LogP contribution in [0.4, 0.5) is 0 Å². The zero-order valence-corrected chi connectivity index (χ0v) is 17.6. The third kappa shape index (κ3) is 3.92. The maximum atomic E-state index is 11.5. The first-order valence-electron chi connectivity index (χ1n) is 8.22. The SMILES string of the molecule is CCCOOO[C@@]1(C)C=CC2(CC(=O)N2O)[C@H](C)[C@@H]1OCCC.[W]. The van der Waals surface area contributed by atoms with E-state index in [-0.39, 0.29) is 45.4 Å². The summed E-state index contributed by atoms with van der Waals surface area (Å²) in [6.07, 6.45) is 5.11. The van der Waals surface area contributed by atoms with Crippen molar-refractivity contribution in [2.45, 2.75) is 64.2 Å². The number of nitrogens with zero attached hydrogens (tertiary/aromatic N) is 1. The van der Waals surface area contributed by atoms with Gasteiger partial charge < -0.3 is 4.74 Å². The van der Waals surface area contributed by atoms with Crippen LogP contribution >= 0.6 is 0 Å². The summed E-state index contributed by atoms with van der Waals surface area (Å²) < 4.78 is 5.97. The molecule has 2 aliphatic rings. The van der Waals surface area contributed by atoms with Gasteiger partial charge in [-0.15, -0.1) is 0 Å². The molecule has 0 aromatic rings. The second kappa shape index (κ2) is 8.88. The van der Waals surface area contributed by atoms with Crippen molar-refractivity contribution in [1.29, 1.82) is 0 Å². The molecule has 1 spiro atoms. The number of hydrogen-bond donors (Lipinski definition) is 1. The summed E-state index contributed by atoms with van der Waals surface area (Å²) in [5, 5.41) is 15.7. The average molecular weight is 513 g/mol. The van der Waals surface area contributed by atoms with Crippen molar-refractivity contribution < 1.29 is 50.6 Å². The zero-order chi connectivity index (χ0) is 17.1. The predicted molar refractivity (Wildman–Crippen MR) is 81.1 cm³/mol. The summed E-state index contributed by atoms with van der Waals surface area (Å²) in [6, 6.07) is 0. The Morgan fingerprint density at radius 3 is 2.50 bits per heavy atom. The fourth-order valence-corrected chi connectivity index (χ4v) is 3.18. The number of rotatable bonds is 8. The molecule has 0 saturated carbocycles. The number of carbonyl (C=O) groups is 1. The van der Waals surface area contributed by atoms with E-state index in [0.717, 1.165) is 17.9 Å². The molecule has 4 atom stereocenters. The van der Waals surface area contributed by atoms with E-state index in [1.807, 2.05) is 27.7 Å². The van der Waals surface area contributed by atoms with Crippen LogP contribution in [-0.4, -0.2) is 46.6 Å². The van der Waals surface area contributed by atoms with Crippen LogP contribution in [-0.2, 0) is 45.4 Å². The van der Waals surface area contributed by atoms with Crippen LogP contribution in [0, 0.1) is 5.92 Å². The van der Waals surface area contributed by atoms with Crippen LogP contribution in [0.15, 0.2) is 12.2 Å². The Hall–Kier alpha value is -0.302. The summed E-state index contributed by atoms with van der Waals surface area (Å²) >= 11 is 0. The molecule has 0 aromatic carbocycles. The Balaban J connectivity index is 0.00000288. The molecule has 24 heavy (non-hydrogen) atoms. The molecule has 138 valence electrons. The molecule has 0 bridgehead atoms. The molecule has 1 unspecified atom stereocenters. The first kappa shape index (κ1) is 21.7. The Morgan fingerprint density at radius 2 is 1.96 bits per heavy atom. The van der Waals surface area contributed by atoms with E-state index in [1.165, 1.54) is 0 Å². The van der Waals surface area contributed by atoms with Crippen LogP contribution in [0.3, 0.4) is 0 Å². The van der Waals surface area contributed by atoms with Gasteiger partial charge in [-0.2, -0.15) is 4.89 Å². The van der Waals surface area contributed by atoms with Crippen LogP contribution in [0.25, 0.3) is 0 Å². The predicted octanol–water partition coefficient (Wildman–Crippen LogP) is 2.39. The van der Waals surface area contributed by atoms with Crippen LogP contribution < -0.4 is 0 Å². The minimum absolute atomic E-state index is 0. The van der Waals surface area contributed by atoms with Crippen molar-refractivity contribution in [3.8, 4) is 0 Å². The number of ether oxygens (including phenoxy) is 1. The molecule has 7 nitrogen and oxygen atoms in total. The van der Waals surface area contributed by atoms with Gasteiger partial charge in [-0.25, -0.2) is 9.95 Å². The summed E-state index contributed by atoms with van der Waals surface area (Å²) in [7, 11) is 0. The van der Waals surface area contributed by atoms with Gasteiger partial charge in [0.15, 0.2) is 0 Å². The molecule has 1 saturated heterocycles. The third-order valence-electron chi connectivity index (χ3n) is 4.63. The minimum atomic E-state index is -0.868. The summed E-state index contributed by atoms with van der Waals surface area (Å²) in [5.74, 6) is -0.454. The van der Waals surface area contributed by atoms with Gasteiger partial charge in [-0.3, -0.25) is 10.0 Å². The number of hydrogen-bond acceptors (Lipinski definition) is 6. The molecule has 0 aromatic heterocycles. The van der Waals surface area contributed by atoms with Gasteiger partial charge >= 0.3 is 0 Å². The largest absolute Gasteiger partial charge is 0.374 e. The standard InChI is InChI=1S/C16H27NO6.W/c1-5-9-20-14-12(3)16(11-13(18)17(16)19)8-7-15(14,4)22-23-21-10-6-2;/h7-8,12,14,19H,5-6,9-11H2,1-4H3;/t12-,14+,15+,16?;/m1./s1. The third-order valence-corrected chi connectivity index (χ3v) is 4.63. The fraction of sp³-hybridized carbons (Fsp3) is 0.812. The molecular formula is C16H27NO6W. The Bertz CT molecular complexity index is 462. The van der Waals surface area contributed by atoms with Gasteiger partial charge in [0, 0.05) is 33.6 Å². The summed E-state index contributed by atoms with van der Waals surface area (Å²) in [6.45, 7) is 8.74. The van der Waals surface area contributed by atoms with Crippen molar-refractivity contribution >= 4 is 5.91 Å². The molecule has 2 rings (SSSR count). The molecule has 1 fully saturated rings. The van der Waals surface area contributed by atoms with E-state index in [0.29, 0.717) is 13.2 Å². The first-order chi connectivity index (χ1) is 10.9. The van der Waals surface area contributed by atoms with Gasteiger partial charge in [-0.1, -0.05) is 31.9 Å². The molecule has 1 amide bonds. The summed E-state index contributed by atoms with van der Waals surface area (Å²) in [4.78, 5) is 21.9. The Labute approximate surface area is 157 Å². The maximum Gasteiger partial charge on any atom is 0.249 e. The zero-order valence-electron chi connectivity index (χ0n) is 14.7. The fourth-order valence-electron chi connectivity index (χ4n) is 3.18. The van der Waals surface area contributed by atoms with Crippen LogP contribution in [0.5, 0.6) is 0 Å². The Morgan fingerprint density at radius 1 is 1.29 bits per heavy atom.